The fourth-order valence-corrected chi connectivity index (χ4v) is 2.65. The molecule has 0 fully saturated rings. The Hall–Kier alpha value is -1.26. The van der Waals surface area contributed by atoms with E-state index >= 15 is 0 Å². The van der Waals surface area contributed by atoms with Gasteiger partial charge in [0.2, 0.25) is 0 Å². The van der Waals surface area contributed by atoms with Crippen molar-refractivity contribution in [3.8, 4) is 12.3 Å². The Morgan fingerprint density at radius 3 is 2.53 bits per heavy atom. The second-order valence-corrected chi connectivity index (χ2v) is 5.08. The van der Waals surface area contributed by atoms with Crippen molar-refractivity contribution in [1.29, 1.82) is 0 Å². The van der Waals surface area contributed by atoms with E-state index in [1.165, 1.54) is 18.4 Å². The van der Waals surface area contributed by atoms with Crippen molar-refractivity contribution in [3.63, 3.8) is 0 Å². The number of benzene rings is 1. The Labute approximate surface area is 118 Å². The highest BCUT2D eigenvalue weighted by atomic mass is 14.9. The molecule has 0 heterocycles. The quantitative estimate of drug-likeness (QED) is 0.512. The lowest BCUT2D eigenvalue weighted by Crippen LogP contribution is -2.35. The lowest BCUT2D eigenvalue weighted by molar-refractivity contribution is 0.393. The lowest BCUT2D eigenvalue weighted by Gasteiger charge is -2.28. The van der Waals surface area contributed by atoms with Crippen molar-refractivity contribution in [3.05, 3.63) is 35.9 Å². The van der Waals surface area contributed by atoms with E-state index in [2.05, 4.69) is 55.4 Å². The summed E-state index contributed by atoms with van der Waals surface area (Å²) in [6, 6.07) is 11.4. The first-order valence-corrected chi connectivity index (χ1v) is 7.55. The van der Waals surface area contributed by atoms with Gasteiger partial charge in [0.25, 0.3) is 0 Å². The molecule has 0 aliphatic rings. The van der Waals surface area contributed by atoms with E-state index in [9.17, 15) is 0 Å². The molecule has 0 aliphatic carbocycles. The highest BCUT2D eigenvalue weighted by molar-refractivity contribution is 5.21. The van der Waals surface area contributed by atoms with Gasteiger partial charge in [-0.2, -0.15) is 0 Å². The van der Waals surface area contributed by atoms with Crippen LogP contribution in [0.5, 0.6) is 0 Å². The highest BCUT2D eigenvalue weighted by Crippen LogP contribution is 2.26. The average Bonchev–Trinajstić information content (AvgIpc) is 2.46. The maximum absolute atomic E-state index is 5.36. The van der Waals surface area contributed by atoms with Crippen LogP contribution in [0.3, 0.4) is 0 Å². The maximum Gasteiger partial charge on any atom is 0.0136 e. The zero-order chi connectivity index (χ0) is 13.9. The summed E-state index contributed by atoms with van der Waals surface area (Å²) in [6.45, 7) is 5.58. The minimum Gasteiger partial charge on any atom is -0.313 e. The summed E-state index contributed by atoms with van der Waals surface area (Å²) in [7, 11) is 0. The molecular formula is C18H27N. The predicted octanol–water partition coefficient (Wildman–Crippen LogP) is 4.35. The Bertz CT molecular complexity index is 363. The maximum atomic E-state index is 5.36. The summed E-state index contributed by atoms with van der Waals surface area (Å²) >= 11 is 0. The van der Waals surface area contributed by atoms with E-state index in [1.54, 1.807) is 0 Å². The molecule has 1 nitrogen and oxygen atoms in total. The number of nitrogens with one attached hydrogen (secondary N) is 1. The van der Waals surface area contributed by atoms with Crippen LogP contribution < -0.4 is 5.32 Å². The van der Waals surface area contributed by atoms with Crippen molar-refractivity contribution in [1.82, 2.24) is 5.32 Å². The van der Waals surface area contributed by atoms with Gasteiger partial charge in [0, 0.05) is 12.5 Å². The molecule has 2 atom stereocenters. The van der Waals surface area contributed by atoms with E-state index in [4.69, 9.17) is 6.42 Å². The molecule has 104 valence electrons. The fraction of sp³-hybridized carbons (Fsp3) is 0.556. The molecule has 2 unspecified atom stereocenters. The van der Waals surface area contributed by atoms with Crippen molar-refractivity contribution in [2.75, 3.05) is 6.54 Å². The van der Waals surface area contributed by atoms with Crippen molar-refractivity contribution in [2.24, 2.45) is 0 Å². The third-order valence-electron chi connectivity index (χ3n) is 3.65. The normalized spacial score (nSPS) is 13.7. The molecule has 0 saturated heterocycles. The number of hydrogen-bond donors (Lipinski definition) is 1. The minimum absolute atomic E-state index is 0.542. The third kappa shape index (κ3) is 5.49. The van der Waals surface area contributed by atoms with E-state index in [0.29, 0.717) is 12.0 Å². The van der Waals surface area contributed by atoms with Gasteiger partial charge in [0.1, 0.15) is 0 Å². The Morgan fingerprint density at radius 1 is 1.21 bits per heavy atom. The van der Waals surface area contributed by atoms with Crippen molar-refractivity contribution in [2.45, 2.75) is 57.9 Å². The largest absolute Gasteiger partial charge is 0.313 e. The summed E-state index contributed by atoms with van der Waals surface area (Å²) in [5, 5.41) is 3.71. The fourth-order valence-electron chi connectivity index (χ4n) is 2.65. The van der Waals surface area contributed by atoms with Crippen LogP contribution in [0.15, 0.2) is 30.3 Å². The van der Waals surface area contributed by atoms with Crippen LogP contribution in [-0.4, -0.2) is 12.6 Å². The first kappa shape index (κ1) is 15.8. The molecule has 0 aliphatic heterocycles. The van der Waals surface area contributed by atoms with Gasteiger partial charge in [0.15, 0.2) is 0 Å². The molecule has 1 heteroatoms. The molecular weight excluding hydrogens is 230 g/mol. The molecule has 1 aromatic carbocycles. The van der Waals surface area contributed by atoms with Gasteiger partial charge < -0.3 is 5.32 Å². The predicted molar refractivity (Wildman–Crippen MR) is 84.2 cm³/mol. The van der Waals surface area contributed by atoms with Crippen LogP contribution in [0.25, 0.3) is 0 Å². The SMILES string of the molecule is C#CCCCC(NCCC)C(CC)c1ccccc1. The number of unbranched alkanes of at least 4 members (excludes halogenated alkanes) is 1. The summed E-state index contributed by atoms with van der Waals surface area (Å²) in [6.07, 6.45) is 10.9. The van der Waals surface area contributed by atoms with Crippen LogP contribution in [0.2, 0.25) is 0 Å². The average molecular weight is 257 g/mol. The van der Waals surface area contributed by atoms with E-state index in [1.807, 2.05) is 0 Å². The molecule has 0 amide bonds. The molecule has 0 saturated carbocycles. The Balaban J connectivity index is 2.71. The first-order valence-electron chi connectivity index (χ1n) is 7.55. The van der Waals surface area contributed by atoms with Crippen molar-refractivity contribution >= 4 is 0 Å². The van der Waals surface area contributed by atoms with Crippen LogP contribution in [0.1, 0.15) is 57.4 Å². The van der Waals surface area contributed by atoms with Gasteiger partial charge in [-0.1, -0.05) is 44.2 Å². The van der Waals surface area contributed by atoms with Crippen LogP contribution in [0.4, 0.5) is 0 Å². The van der Waals surface area contributed by atoms with Gasteiger partial charge in [-0.3, -0.25) is 0 Å². The van der Waals surface area contributed by atoms with E-state index in [0.717, 1.165) is 25.8 Å². The van der Waals surface area contributed by atoms with Gasteiger partial charge >= 0.3 is 0 Å². The lowest BCUT2D eigenvalue weighted by atomic mass is 9.86. The summed E-state index contributed by atoms with van der Waals surface area (Å²) in [4.78, 5) is 0. The third-order valence-corrected chi connectivity index (χ3v) is 3.65. The smallest absolute Gasteiger partial charge is 0.0136 e. The van der Waals surface area contributed by atoms with Crippen LogP contribution in [-0.2, 0) is 0 Å². The Morgan fingerprint density at radius 2 is 1.95 bits per heavy atom. The molecule has 0 aromatic heterocycles. The zero-order valence-electron chi connectivity index (χ0n) is 12.4. The molecule has 1 aromatic rings. The van der Waals surface area contributed by atoms with Gasteiger partial charge in [-0.05, 0) is 43.7 Å². The monoisotopic (exact) mass is 257 g/mol. The minimum atomic E-state index is 0.542. The molecule has 0 bridgehead atoms. The van der Waals surface area contributed by atoms with Gasteiger partial charge in [-0.25, -0.2) is 0 Å². The van der Waals surface area contributed by atoms with Crippen molar-refractivity contribution < 1.29 is 0 Å². The molecule has 0 spiro atoms. The summed E-state index contributed by atoms with van der Waals surface area (Å²) in [5.41, 5.74) is 1.44. The van der Waals surface area contributed by atoms with E-state index < -0.39 is 0 Å². The number of hydrogen-bond acceptors (Lipinski definition) is 1. The van der Waals surface area contributed by atoms with Gasteiger partial charge in [-0.15, -0.1) is 12.3 Å². The van der Waals surface area contributed by atoms with Gasteiger partial charge in [0.05, 0.1) is 0 Å². The number of terminal acetylenes is 1. The second kappa shape index (κ2) is 9.64. The first-order chi connectivity index (χ1) is 9.33. The van der Waals surface area contributed by atoms with Crippen LogP contribution in [0, 0.1) is 12.3 Å². The number of rotatable bonds is 9. The standard InChI is InChI=1S/C18H27N/c1-4-7-9-14-18(19-15-5-2)17(6-3)16-12-10-8-11-13-16/h1,8,10-13,17-19H,5-7,9,14-15H2,2-3H3. The molecule has 0 radical (unpaired) electrons. The topological polar surface area (TPSA) is 12.0 Å². The summed E-state index contributed by atoms with van der Waals surface area (Å²) < 4.78 is 0. The highest BCUT2D eigenvalue weighted by Gasteiger charge is 2.20. The molecule has 1 rings (SSSR count). The van der Waals surface area contributed by atoms with E-state index in [-0.39, 0.29) is 0 Å². The second-order valence-electron chi connectivity index (χ2n) is 5.08. The summed E-state index contributed by atoms with van der Waals surface area (Å²) in [5.74, 6) is 3.34. The molecule has 19 heavy (non-hydrogen) atoms. The molecule has 1 N–H and O–H groups in total. The zero-order valence-corrected chi connectivity index (χ0v) is 12.4. The Kier molecular flexibility index (Phi) is 8.02. The van der Waals surface area contributed by atoms with Crippen LogP contribution >= 0.6 is 0 Å².